The van der Waals surface area contributed by atoms with E-state index in [1.54, 1.807) is 37.3 Å². The number of benzene rings is 2. The fourth-order valence-corrected chi connectivity index (χ4v) is 3.40. The molecule has 1 fully saturated rings. The second-order valence-corrected chi connectivity index (χ2v) is 6.27. The van der Waals surface area contributed by atoms with Crippen LogP contribution in [0.5, 0.6) is 0 Å². The molecule has 1 saturated heterocycles. The minimum atomic E-state index is -1.97. The van der Waals surface area contributed by atoms with Crippen molar-refractivity contribution in [2.75, 3.05) is 11.5 Å². The van der Waals surface area contributed by atoms with Crippen molar-refractivity contribution in [1.82, 2.24) is 0 Å². The first kappa shape index (κ1) is 19.2. The highest BCUT2D eigenvalue weighted by molar-refractivity contribution is 6.22. The van der Waals surface area contributed by atoms with Crippen LogP contribution in [0.4, 0.5) is 10.1 Å². The van der Waals surface area contributed by atoms with Crippen LogP contribution in [0.15, 0.2) is 54.6 Å². The number of nitrogens with zero attached hydrogens (tertiary/aromatic N) is 2. The zero-order valence-electron chi connectivity index (χ0n) is 15.1. The van der Waals surface area contributed by atoms with E-state index in [1.165, 1.54) is 12.1 Å². The van der Waals surface area contributed by atoms with Gasteiger partial charge in [0.2, 0.25) is 11.8 Å². The Morgan fingerprint density at radius 3 is 2.43 bits per heavy atom. The number of anilines is 1. The van der Waals surface area contributed by atoms with Crippen LogP contribution in [0.1, 0.15) is 18.9 Å². The number of ether oxygens (including phenoxy) is 1. The Hall–Kier alpha value is -3.53. The fourth-order valence-electron chi connectivity index (χ4n) is 3.40. The first-order valence-corrected chi connectivity index (χ1v) is 8.69. The third-order valence-electron chi connectivity index (χ3n) is 4.71. The van der Waals surface area contributed by atoms with Crippen LogP contribution in [0.3, 0.4) is 0 Å². The highest BCUT2D eigenvalue weighted by atomic mass is 19.1. The summed E-state index contributed by atoms with van der Waals surface area (Å²) >= 11 is 0. The van der Waals surface area contributed by atoms with Gasteiger partial charge in [0, 0.05) is 12.0 Å². The average molecular weight is 380 g/mol. The Labute approximate surface area is 161 Å². The quantitative estimate of drug-likeness (QED) is 0.454. The lowest BCUT2D eigenvalue weighted by Crippen LogP contribution is -2.45. The first-order chi connectivity index (χ1) is 13.5. The predicted molar refractivity (Wildman–Crippen MR) is 98.4 cm³/mol. The van der Waals surface area contributed by atoms with Gasteiger partial charge < -0.3 is 4.74 Å². The number of hydrogen-bond donors (Lipinski definition) is 0. The summed E-state index contributed by atoms with van der Waals surface area (Å²) in [6, 6.07) is 13.0. The Morgan fingerprint density at radius 2 is 1.86 bits per heavy atom. The maximum absolute atomic E-state index is 13.2. The molecule has 142 valence electrons. The number of imide groups is 1. The van der Waals surface area contributed by atoms with Gasteiger partial charge in [0.25, 0.3) is 0 Å². The van der Waals surface area contributed by atoms with E-state index in [4.69, 9.17) is 11.3 Å². The fraction of sp³-hybridized carbons (Fsp3) is 0.238. The second-order valence-electron chi connectivity index (χ2n) is 6.27. The van der Waals surface area contributed by atoms with Crippen LogP contribution in [-0.2, 0) is 24.7 Å². The Balaban J connectivity index is 2.10. The van der Waals surface area contributed by atoms with Crippen LogP contribution >= 0.6 is 0 Å². The van der Waals surface area contributed by atoms with Gasteiger partial charge in [-0.2, -0.15) is 0 Å². The van der Waals surface area contributed by atoms with Crippen molar-refractivity contribution in [3.8, 4) is 0 Å². The van der Waals surface area contributed by atoms with Gasteiger partial charge in [-0.05, 0) is 31.2 Å². The van der Waals surface area contributed by atoms with Crippen molar-refractivity contribution in [2.24, 2.45) is 5.92 Å². The third kappa shape index (κ3) is 3.03. The molecule has 3 rings (SSSR count). The second kappa shape index (κ2) is 7.61. The van der Waals surface area contributed by atoms with Crippen molar-refractivity contribution < 1.29 is 23.5 Å². The third-order valence-corrected chi connectivity index (χ3v) is 4.71. The number of esters is 1. The molecule has 0 unspecified atom stereocenters. The zero-order chi connectivity index (χ0) is 20.3. The smallest absolute Gasteiger partial charge is 0.399 e. The summed E-state index contributed by atoms with van der Waals surface area (Å²) in [6.45, 7) is 9.39. The van der Waals surface area contributed by atoms with Crippen LogP contribution < -0.4 is 4.90 Å². The van der Waals surface area contributed by atoms with Crippen molar-refractivity contribution in [2.45, 2.75) is 18.9 Å². The van der Waals surface area contributed by atoms with Gasteiger partial charge in [-0.15, -0.1) is 0 Å². The number of carbonyl (C=O) groups is 3. The predicted octanol–water partition coefficient (Wildman–Crippen LogP) is 3.08. The van der Waals surface area contributed by atoms with E-state index in [9.17, 15) is 18.8 Å². The lowest BCUT2D eigenvalue weighted by molar-refractivity contribution is -0.152. The standard InChI is InChI=1S/C21H17FN2O4/c1-3-28-20(27)21(23-2,14-7-5-4-6-8-14)17-13-18(25)24(19(17)26)16-11-9-15(22)10-12-16/h4-12,17H,3,13H2,1H3/t17-,21+/m0/s1. The van der Waals surface area contributed by atoms with Gasteiger partial charge in [-0.25, -0.2) is 20.7 Å². The molecule has 0 aromatic heterocycles. The number of rotatable bonds is 5. The van der Waals surface area contributed by atoms with E-state index in [1.807, 2.05) is 0 Å². The van der Waals surface area contributed by atoms with E-state index in [0.29, 0.717) is 0 Å². The Bertz CT molecular complexity index is 953. The molecule has 28 heavy (non-hydrogen) atoms. The molecule has 0 saturated carbocycles. The molecule has 1 aliphatic heterocycles. The van der Waals surface area contributed by atoms with E-state index in [-0.39, 0.29) is 24.3 Å². The molecule has 0 spiro atoms. The van der Waals surface area contributed by atoms with Crippen molar-refractivity contribution in [3.63, 3.8) is 0 Å². The molecular weight excluding hydrogens is 363 g/mol. The van der Waals surface area contributed by atoms with Crippen LogP contribution in [0, 0.1) is 18.3 Å². The molecule has 0 radical (unpaired) electrons. The van der Waals surface area contributed by atoms with E-state index in [0.717, 1.165) is 17.0 Å². The minimum absolute atomic E-state index is 0.0273. The van der Waals surface area contributed by atoms with Gasteiger partial charge in [0.05, 0.1) is 12.3 Å². The number of amides is 2. The molecule has 2 amide bonds. The van der Waals surface area contributed by atoms with Gasteiger partial charge >= 0.3 is 11.5 Å². The highest BCUT2D eigenvalue weighted by Gasteiger charge is 2.63. The zero-order valence-corrected chi connectivity index (χ0v) is 15.1. The summed E-state index contributed by atoms with van der Waals surface area (Å²) in [6.07, 6.45) is -0.327. The maximum Gasteiger partial charge on any atom is 0.399 e. The molecule has 2 atom stereocenters. The largest absolute Gasteiger partial charge is 0.460 e. The van der Waals surface area contributed by atoms with Gasteiger partial charge in [0.1, 0.15) is 11.7 Å². The van der Waals surface area contributed by atoms with Crippen molar-refractivity contribution in [1.29, 1.82) is 0 Å². The lowest BCUT2D eigenvalue weighted by Gasteiger charge is -2.25. The molecule has 2 aromatic rings. The molecular formula is C21H17FN2O4. The van der Waals surface area contributed by atoms with Crippen LogP contribution in [0.2, 0.25) is 0 Å². The lowest BCUT2D eigenvalue weighted by atomic mass is 9.77. The molecule has 0 aliphatic carbocycles. The average Bonchev–Trinajstić information content (AvgIpc) is 2.99. The van der Waals surface area contributed by atoms with E-state index < -0.39 is 35.1 Å². The number of hydrogen-bond acceptors (Lipinski definition) is 4. The van der Waals surface area contributed by atoms with E-state index >= 15 is 0 Å². The molecule has 6 nitrogen and oxygen atoms in total. The minimum Gasteiger partial charge on any atom is -0.460 e. The molecule has 7 heteroatoms. The van der Waals surface area contributed by atoms with Gasteiger partial charge in [0.15, 0.2) is 0 Å². The van der Waals surface area contributed by atoms with E-state index in [2.05, 4.69) is 4.85 Å². The summed E-state index contributed by atoms with van der Waals surface area (Å²) in [5.74, 6) is -3.88. The monoisotopic (exact) mass is 380 g/mol. The summed E-state index contributed by atoms with van der Waals surface area (Å²) in [5.41, 5.74) is -1.50. The summed E-state index contributed by atoms with van der Waals surface area (Å²) in [7, 11) is 0. The number of carbonyl (C=O) groups excluding carboxylic acids is 3. The highest BCUT2D eigenvalue weighted by Crippen LogP contribution is 2.43. The molecule has 1 aliphatic rings. The number of halogens is 1. The summed E-state index contributed by atoms with van der Waals surface area (Å²) in [4.78, 5) is 43.0. The summed E-state index contributed by atoms with van der Waals surface area (Å²) < 4.78 is 18.3. The van der Waals surface area contributed by atoms with Crippen LogP contribution in [-0.4, -0.2) is 24.4 Å². The SMILES string of the molecule is [C-]#[N+][C@](C(=O)OCC)(c1ccccc1)[C@H]1CC(=O)N(c2ccc(F)cc2)C1=O. The molecule has 0 N–H and O–H groups in total. The summed E-state index contributed by atoms with van der Waals surface area (Å²) in [5, 5.41) is 0. The van der Waals surface area contributed by atoms with Gasteiger partial charge in [-0.1, -0.05) is 30.3 Å². The Morgan fingerprint density at radius 1 is 1.21 bits per heavy atom. The van der Waals surface area contributed by atoms with Gasteiger partial charge in [-0.3, -0.25) is 14.4 Å². The molecule has 2 aromatic carbocycles. The van der Waals surface area contributed by atoms with Crippen LogP contribution in [0.25, 0.3) is 4.85 Å². The molecule has 0 bridgehead atoms. The van der Waals surface area contributed by atoms with Crippen molar-refractivity contribution >= 4 is 23.5 Å². The Kier molecular flexibility index (Phi) is 5.23. The first-order valence-electron chi connectivity index (χ1n) is 8.69. The normalized spacial score (nSPS) is 18.5. The topological polar surface area (TPSA) is 68.0 Å². The van der Waals surface area contributed by atoms with Crippen molar-refractivity contribution in [3.05, 3.63) is 77.4 Å². The maximum atomic E-state index is 13.2. The molecule has 1 heterocycles.